The number of halogens is 1. The molecule has 3 nitrogen and oxygen atoms in total. The van der Waals surface area contributed by atoms with Gasteiger partial charge in [-0.3, -0.25) is 0 Å². The zero-order chi connectivity index (χ0) is 15.2. The molecule has 4 heteroatoms. The molecule has 0 spiro atoms. The zero-order valence-electron chi connectivity index (χ0n) is 12.9. The van der Waals surface area contributed by atoms with Gasteiger partial charge in [0, 0.05) is 12.6 Å². The summed E-state index contributed by atoms with van der Waals surface area (Å²) >= 11 is 0. The summed E-state index contributed by atoms with van der Waals surface area (Å²) in [6, 6.07) is 5.42. The van der Waals surface area contributed by atoms with Crippen LogP contribution in [-0.4, -0.2) is 23.4 Å². The lowest BCUT2D eigenvalue weighted by Crippen LogP contribution is -2.30. The lowest BCUT2D eigenvalue weighted by atomic mass is 10.1. The minimum Gasteiger partial charge on any atom is -0.485 e. The number of aliphatic hydroxyl groups excluding tert-OH is 1. The summed E-state index contributed by atoms with van der Waals surface area (Å²) in [6.45, 7) is 4.75. The molecule has 0 saturated heterocycles. The monoisotopic (exact) mass is 295 g/mol. The third kappa shape index (κ3) is 4.97. The summed E-state index contributed by atoms with van der Waals surface area (Å²) in [5.41, 5.74) is 0.898. The molecule has 1 saturated carbocycles. The SMILES string of the molecule is CC(C)NCc1ccc(OC2CCCCCC2O)c(F)c1. The fraction of sp³-hybridized carbons (Fsp3) is 0.647. The number of aliphatic hydroxyl groups is 1. The Labute approximate surface area is 126 Å². The highest BCUT2D eigenvalue weighted by atomic mass is 19.1. The zero-order valence-corrected chi connectivity index (χ0v) is 12.9. The Kier molecular flexibility index (Phi) is 6.00. The predicted octanol–water partition coefficient (Wildman–Crippen LogP) is 3.40. The van der Waals surface area contributed by atoms with Crippen molar-refractivity contribution in [3.63, 3.8) is 0 Å². The molecule has 2 unspecified atom stereocenters. The van der Waals surface area contributed by atoms with E-state index in [0.717, 1.165) is 37.7 Å². The summed E-state index contributed by atoms with van der Waals surface area (Å²) < 4.78 is 19.8. The van der Waals surface area contributed by atoms with Crippen molar-refractivity contribution in [2.75, 3.05) is 0 Å². The topological polar surface area (TPSA) is 41.5 Å². The van der Waals surface area contributed by atoms with Crippen LogP contribution in [0.3, 0.4) is 0 Å². The first-order valence-corrected chi connectivity index (χ1v) is 7.93. The van der Waals surface area contributed by atoms with Crippen molar-refractivity contribution >= 4 is 0 Å². The molecule has 118 valence electrons. The maximum Gasteiger partial charge on any atom is 0.165 e. The summed E-state index contributed by atoms with van der Waals surface area (Å²) in [6.07, 6.45) is 3.90. The van der Waals surface area contributed by atoms with E-state index in [2.05, 4.69) is 19.2 Å². The van der Waals surface area contributed by atoms with E-state index in [1.165, 1.54) is 6.07 Å². The second-order valence-electron chi connectivity index (χ2n) is 6.16. The number of benzene rings is 1. The van der Waals surface area contributed by atoms with Gasteiger partial charge in [0.05, 0.1) is 6.10 Å². The molecule has 2 rings (SSSR count). The van der Waals surface area contributed by atoms with Gasteiger partial charge in [0.1, 0.15) is 6.10 Å². The van der Waals surface area contributed by atoms with Gasteiger partial charge in [-0.25, -0.2) is 4.39 Å². The highest BCUT2D eigenvalue weighted by Gasteiger charge is 2.24. The third-order valence-corrected chi connectivity index (χ3v) is 3.91. The molecule has 2 atom stereocenters. The van der Waals surface area contributed by atoms with E-state index in [0.29, 0.717) is 12.6 Å². The van der Waals surface area contributed by atoms with Crippen LogP contribution in [0.1, 0.15) is 51.5 Å². The molecule has 2 N–H and O–H groups in total. The van der Waals surface area contributed by atoms with Gasteiger partial charge in [-0.1, -0.05) is 32.8 Å². The van der Waals surface area contributed by atoms with Crippen molar-refractivity contribution in [2.24, 2.45) is 0 Å². The van der Waals surface area contributed by atoms with Crippen molar-refractivity contribution in [2.45, 2.75) is 70.7 Å². The van der Waals surface area contributed by atoms with Gasteiger partial charge < -0.3 is 15.2 Å². The number of rotatable bonds is 5. The van der Waals surface area contributed by atoms with Gasteiger partial charge in [-0.15, -0.1) is 0 Å². The van der Waals surface area contributed by atoms with Crippen LogP contribution in [0.25, 0.3) is 0 Å². The molecular formula is C17H26FNO2. The molecule has 0 radical (unpaired) electrons. The van der Waals surface area contributed by atoms with Crippen LogP contribution in [0.4, 0.5) is 4.39 Å². The third-order valence-electron chi connectivity index (χ3n) is 3.91. The van der Waals surface area contributed by atoms with E-state index in [4.69, 9.17) is 4.74 Å². The van der Waals surface area contributed by atoms with Crippen molar-refractivity contribution in [1.29, 1.82) is 0 Å². The fourth-order valence-corrected chi connectivity index (χ4v) is 2.63. The largest absolute Gasteiger partial charge is 0.485 e. The Bertz CT molecular complexity index is 450. The molecule has 0 amide bonds. The summed E-state index contributed by atoms with van der Waals surface area (Å²) in [7, 11) is 0. The summed E-state index contributed by atoms with van der Waals surface area (Å²) in [5, 5.41) is 13.3. The maximum atomic E-state index is 14.1. The number of hydrogen-bond donors (Lipinski definition) is 2. The van der Waals surface area contributed by atoms with Crippen LogP contribution in [0.2, 0.25) is 0 Å². The summed E-state index contributed by atoms with van der Waals surface area (Å²) in [5.74, 6) is -0.108. The maximum absolute atomic E-state index is 14.1. The second-order valence-corrected chi connectivity index (χ2v) is 6.16. The van der Waals surface area contributed by atoms with Crippen molar-refractivity contribution in [3.8, 4) is 5.75 Å². The minimum absolute atomic E-state index is 0.245. The lowest BCUT2D eigenvalue weighted by molar-refractivity contribution is 0.0298. The van der Waals surface area contributed by atoms with Crippen LogP contribution in [0.15, 0.2) is 18.2 Å². The second kappa shape index (κ2) is 7.76. The van der Waals surface area contributed by atoms with E-state index < -0.39 is 6.10 Å². The smallest absolute Gasteiger partial charge is 0.165 e. The van der Waals surface area contributed by atoms with Gasteiger partial charge in [-0.05, 0) is 37.0 Å². The van der Waals surface area contributed by atoms with E-state index in [9.17, 15) is 9.50 Å². The normalized spacial score (nSPS) is 23.1. The average Bonchev–Trinajstić information content (AvgIpc) is 2.64. The van der Waals surface area contributed by atoms with E-state index >= 15 is 0 Å². The first-order chi connectivity index (χ1) is 10.1. The molecule has 1 aliphatic rings. The fourth-order valence-electron chi connectivity index (χ4n) is 2.63. The van der Waals surface area contributed by atoms with E-state index in [-0.39, 0.29) is 17.7 Å². The van der Waals surface area contributed by atoms with Crippen LogP contribution >= 0.6 is 0 Å². The molecule has 0 bridgehead atoms. The number of hydrogen-bond acceptors (Lipinski definition) is 3. The molecule has 1 aliphatic carbocycles. The van der Waals surface area contributed by atoms with Crippen molar-refractivity contribution in [1.82, 2.24) is 5.32 Å². The lowest BCUT2D eigenvalue weighted by Gasteiger charge is -2.22. The first-order valence-electron chi connectivity index (χ1n) is 7.93. The van der Waals surface area contributed by atoms with Gasteiger partial charge in [-0.2, -0.15) is 0 Å². The van der Waals surface area contributed by atoms with E-state index in [1.807, 2.05) is 6.07 Å². The van der Waals surface area contributed by atoms with Gasteiger partial charge >= 0.3 is 0 Å². The molecule has 21 heavy (non-hydrogen) atoms. The standard InChI is InChI=1S/C17H26FNO2/c1-12(2)19-11-13-8-9-16(14(18)10-13)21-17-7-5-3-4-6-15(17)20/h8-10,12,15,17,19-20H,3-7,11H2,1-2H3. The molecular weight excluding hydrogens is 269 g/mol. The highest BCUT2D eigenvalue weighted by Crippen LogP contribution is 2.25. The van der Waals surface area contributed by atoms with Gasteiger partial charge in [0.15, 0.2) is 11.6 Å². The van der Waals surface area contributed by atoms with E-state index in [1.54, 1.807) is 6.07 Å². The van der Waals surface area contributed by atoms with Crippen LogP contribution < -0.4 is 10.1 Å². The minimum atomic E-state index is -0.491. The molecule has 0 aliphatic heterocycles. The first kappa shape index (κ1) is 16.2. The summed E-state index contributed by atoms with van der Waals surface area (Å²) in [4.78, 5) is 0. The van der Waals surface area contributed by atoms with Crippen molar-refractivity contribution < 1.29 is 14.2 Å². The van der Waals surface area contributed by atoms with Crippen LogP contribution in [-0.2, 0) is 6.54 Å². The number of nitrogens with one attached hydrogen (secondary N) is 1. The molecule has 0 aromatic heterocycles. The average molecular weight is 295 g/mol. The Balaban J connectivity index is 1.99. The molecule has 0 heterocycles. The quantitative estimate of drug-likeness (QED) is 0.818. The molecule has 1 aromatic rings. The molecule has 1 fully saturated rings. The molecule has 1 aromatic carbocycles. The predicted molar refractivity (Wildman–Crippen MR) is 81.9 cm³/mol. The Morgan fingerprint density at radius 2 is 2.05 bits per heavy atom. The van der Waals surface area contributed by atoms with Gasteiger partial charge in [0.2, 0.25) is 0 Å². The van der Waals surface area contributed by atoms with Crippen LogP contribution in [0.5, 0.6) is 5.75 Å². The van der Waals surface area contributed by atoms with Gasteiger partial charge in [0.25, 0.3) is 0 Å². The number of ether oxygens (including phenoxy) is 1. The van der Waals surface area contributed by atoms with Crippen molar-refractivity contribution in [3.05, 3.63) is 29.6 Å². The van der Waals surface area contributed by atoms with Crippen LogP contribution in [0, 0.1) is 5.82 Å². The Morgan fingerprint density at radius 3 is 2.76 bits per heavy atom. The Hall–Kier alpha value is -1.13. The highest BCUT2D eigenvalue weighted by molar-refractivity contribution is 5.29. The Morgan fingerprint density at radius 1 is 1.29 bits per heavy atom.